The fourth-order valence-corrected chi connectivity index (χ4v) is 1.67. The fraction of sp³-hybridized carbons (Fsp3) is 0.231. The Morgan fingerprint density at radius 1 is 1.39 bits per heavy atom. The summed E-state index contributed by atoms with van der Waals surface area (Å²) in [6, 6.07) is 9.21. The van der Waals surface area contributed by atoms with E-state index in [1.165, 1.54) is 0 Å². The van der Waals surface area contributed by atoms with Gasteiger partial charge in [-0.05, 0) is 19.1 Å². The monoisotopic (exact) mass is 246 g/mol. The van der Waals surface area contributed by atoms with Crippen LogP contribution in [0.25, 0.3) is 0 Å². The minimum absolute atomic E-state index is 0.201. The second-order valence-corrected chi connectivity index (χ2v) is 3.75. The average molecular weight is 246 g/mol. The number of hydrogen-bond donors (Lipinski definition) is 2. The summed E-state index contributed by atoms with van der Waals surface area (Å²) in [6.07, 6.45) is 0. The van der Waals surface area contributed by atoms with Gasteiger partial charge in [0.15, 0.2) is 0 Å². The summed E-state index contributed by atoms with van der Waals surface area (Å²) in [5, 5.41) is 5.55. The van der Waals surface area contributed by atoms with Crippen LogP contribution in [-0.4, -0.2) is 25.0 Å². The van der Waals surface area contributed by atoms with Gasteiger partial charge in [0.2, 0.25) is 0 Å². The van der Waals surface area contributed by atoms with E-state index in [0.717, 1.165) is 5.69 Å². The Balaban J connectivity index is 2.23. The molecular formula is C13H14N2O3. The maximum atomic E-state index is 11.7. The van der Waals surface area contributed by atoms with Crippen molar-refractivity contribution in [2.45, 2.75) is 6.92 Å². The molecule has 1 amide bonds. The van der Waals surface area contributed by atoms with Crippen molar-refractivity contribution in [2.75, 3.05) is 18.5 Å². The summed E-state index contributed by atoms with van der Waals surface area (Å²) in [5.41, 5.74) is 1.36. The van der Waals surface area contributed by atoms with Crippen molar-refractivity contribution in [3.63, 3.8) is 0 Å². The lowest BCUT2D eigenvalue weighted by atomic mass is 10.2. The number of rotatable bonds is 4. The van der Waals surface area contributed by atoms with E-state index in [1.54, 1.807) is 6.92 Å². The largest absolute Gasteiger partial charge is 0.463 e. The second kappa shape index (κ2) is 5.35. The molecule has 0 saturated carbocycles. The number of benzene rings is 1. The van der Waals surface area contributed by atoms with Crippen molar-refractivity contribution in [1.82, 2.24) is 5.32 Å². The van der Waals surface area contributed by atoms with Gasteiger partial charge in [-0.1, -0.05) is 18.2 Å². The van der Waals surface area contributed by atoms with Crippen LogP contribution < -0.4 is 10.6 Å². The Bertz CT molecular complexity index is 494. The number of esters is 1. The van der Waals surface area contributed by atoms with E-state index in [4.69, 9.17) is 4.74 Å². The molecule has 0 fully saturated rings. The van der Waals surface area contributed by atoms with Crippen molar-refractivity contribution in [3.8, 4) is 0 Å². The third-order valence-electron chi connectivity index (χ3n) is 2.52. The summed E-state index contributed by atoms with van der Waals surface area (Å²) >= 11 is 0. The second-order valence-electron chi connectivity index (χ2n) is 3.75. The topological polar surface area (TPSA) is 67.4 Å². The van der Waals surface area contributed by atoms with E-state index < -0.39 is 5.97 Å². The first-order valence-corrected chi connectivity index (χ1v) is 5.73. The molecule has 0 spiro atoms. The molecule has 0 aliphatic carbocycles. The Hall–Kier alpha value is -2.30. The van der Waals surface area contributed by atoms with Gasteiger partial charge in [-0.2, -0.15) is 0 Å². The molecule has 0 aromatic heterocycles. The van der Waals surface area contributed by atoms with Crippen LogP contribution in [0.5, 0.6) is 0 Å². The van der Waals surface area contributed by atoms with Crippen LogP contribution in [-0.2, 0) is 14.3 Å². The van der Waals surface area contributed by atoms with E-state index in [2.05, 4.69) is 10.6 Å². The number of carbonyl (C=O) groups excluding carboxylic acids is 2. The number of carbonyl (C=O) groups is 2. The number of amides is 1. The van der Waals surface area contributed by atoms with Crippen molar-refractivity contribution in [3.05, 3.63) is 41.6 Å². The quantitative estimate of drug-likeness (QED) is 0.779. The molecule has 5 nitrogen and oxygen atoms in total. The van der Waals surface area contributed by atoms with E-state index in [1.807, 2.05) is 30.3 Å². The van der Waals surface area contributed by atoms with E-state index in [9.17, 15) is 9.59 Å². The van der Waals surface area contributed by atoms with Crippen molar-refractivity contribution in [1.29, 1.82) is 0 Å². The number of para-hydroxylation sites is 1. The zero-order valence-corrected chi connectivity index (χ0v) is 10.0. The standard InChI is InChI=1S/C13H14N2O3/c1-2-18-13(17)10-8-14-12(16)11(10)15-9-6-4-3-5-7-9/h3-7,15H,2,8H2,1H3,(H,14,16). The van der Waals surface area contributed by atoms with Crippen LogP contribution in [0.1, 0.15) is 6.92 Å². The fourth-order valence-electron chi connectivity index (χ4n) is 1.67. The zero-order chi connectivity index (χ0) is 13.0. The molecule has 1 heterocycles. The Labute approximate surface area is 105 Å². The van der Waals surface area contributed by atoms with Gasteiger partial charge in [0.25, 0.3) is 5.91 Å². The molecule has 1 aromatic carbocycles. The maximum Gasteiger partial charge on any atom is 0.338 e. The number of ether oxygens (including phenoxy) is 1. The molecule has 1 aliphatic rings. The molecule has 0 atom stereocenters. The highest BCUT2D eigenvalue weighted by atomic mass is 16.5. The van der Waals surface area contributed by atoms with Crippen LogP contribution in [0.2, 0.25) is 0 Å². The highest BCUT2D eigenvalue weighted by Crippen LogP contribution is 2.16. The average Bonchev–Trinajstić information content (AvgIpc) is 2.73. The molecule has 1 aliphatic heterocycles. The molecule has 0 radical (unpaired) electrons. The lowest BCUT2D eigenvalue weighted by Crippen LogP contribution is -2.20. The third-order valence-corrected chi connectivity index (χ3v) is 2.52. The molecule has 94 valence electrons. The van der Waals surface area contributed by atoms with Gasteiger partial charge in [0.05, 0.1) is 18.7 Å². The predicted molar refractivity (Wildman–Crippen MR) is 66.7 cm³/mol. The first-order valence-electron chi connectivity index (χ1n) is 5.73. The Kier molecular flexibility index (Phi) is 3.62. The molecule has 18 heavy (non-hydrogen) atoms. The molecular weight excluding hydrogens is 232 g/mol. The number of nitrogens with one attached hydrogen (secondary N) is 2. The van der Waals surface area contributed by atoms with Crippen LogP contribution in [0.4, 0.5) is 5.69 Å². The molecule has 2 N–H and O–H groups in total. The van der Waals surface area contributed by atoms with Crippen molar-refractivity contribution >= 4 is 17.6 Å². The normalized spacial score (nSPS) is 14.4. The minimum atomic E-state index is -0.464. The van der Waals surface area contributed by atoms with Crippen LogP contribution in [0.3, 0.4) is 0 Å². The molecule has 5 heteroatoms. The maximum absolute atomic E-state index is 11.7. The summed E-state index contributed by atoms with van der Waals surface area (Å²) in [6.45, 7) is 2.22. The highest BCUT2D eigenvalue weighted by molar-refractivity contribution is 6.08. The van der Waals surface area contributed by atoms with E-state index >= 15 is 0 Å². The zero-order valence-electron chi connectivity index (χ0n) is 10.0. The summed E-state index contributed by atoms with van der Waals surface area (Å²) in [4.78, 5) is 23.3. The van der Waals surface area contributed by atoms with E-state index in [0.29, 0.717) is 5.57 Å². The molecule has 0 bridgehead atoms. The van der Waals surface area contributed by atoms with Gasteiger partial charge in [0.1, 0.15) is 5.70 Å². The van der Waals surface area contributed by atoms with Crippen molar-refractivity contribution in [2.24, 2.45) is 0 Å². The third kappa shape index (κ3) is 2.51. The van der Waals surface area contributed by atoms with Crippen LogP contribution in [0, 0.1) is 0 Å². The summed E-state index contributed by atoms with van der Waals surface area (Å²) < 4.78 is 4.91. The van der Waals surface area contributed by atoms with Gasteiger partial charge in [-0.25, -0.2) is 4.79 Å². The van der Waals surface area contributed by atoms with Gasteiger partial charge >= 0.3 is 5.97 Å². The van der Waals surface area contributed by atoms with Gasteiger partial charge < -0.3 is 15.4 Å². The van der Waals surface area contributed by atoms with Gasteiger partial charge in [0, 0.05) is 5.69 Å². The first kappa shape index (κ1) is 12.2. The van der Waals surface area contributed by atoms with E-state index in [-0.39, 0.29) is 24.8 Å². The number of hydrogen-bond acceptors (Lipinski definition) is 4. The lowest BCUT2D eigenvalue weighted by molar-refractivity contribution is -0.138. The summed E-state index contributed by atoms with van der Waals surface area (Å²) in [7, 11) is 0. The van der Waals surface area contributed by atoms with Gasteiger partial charge in [-0.3, -0.25) is 4.79 Å². The number of anilines is 1. The Morgan fingerprint density at radius 3 is 2.78 bits per heavy atom. The Morgan fingerprint density at radius 2 is 2.11 bits per heavy atom. The molecule has 2 rings (SSSR count). The molecule has 0 unspecified atom stereocenters. The predicted octanol–water partition coefficient (Wildman–Crippen LogP) is 1.05. The molecule has 1 aromatic rings. The highest BCUT2D eigenvalue weighted by Gasteiger charge is 2.28. The van der Waals surface area contributed by atoms with Crippen LogP contribution in [0.15, 0.2) is 41.6 Å². The molecule has 0 saturated heterocycles. The SMILES string of the molecule is CCOC(=O)C1=C(Nc2ccccc2)C(=O)NC1. The minimum Gasteiger partial charge on any atom is -0.463 e. The first-order chi connectivity index (χ1) is 8.72. The van der Waals surface area contributed by atoms with Crippen molar-refractivity contribution < 1.29 is 14.3 Å². The smallest absolute Gasteiger partial charge is 0.338 e. The van der Waals surface area contributed by atoms with Crippen LogP contribution >= 0.6 is 0 Å². The lowest BCUT2D eigenvalue weighted by Gasteiger charge is -2.07. The van der Waals surface area contributed by atoms with Gasteiger partial charge in [-0.15, -0.1) is 0 Å². The summed E-state index contributed by atoms with van der Waals surface area (Å²) in [5.74, 6) is -0.754.